The summed E-state index contributed by atoms with van der Waals surface area (Å²) in [4.78, 5) is 10.6. The molecule has 0 spiro atoms. The zero-order valence-electron chi connectivity index (χ0n) is 7.03. The minimum Gasteiger partial charge on any atom is -0.425 e. The van der Waals surface area contributed by atoms with Gasteiger partial charge in [-0.2, -0.15) is 4.73 Å². The van der Waals surface area contributed by atoms with E-state index in [1.165, 1.54) is 12.3 Å². The van der Waals surface area contributed by atoms with Gasteiger partial charge in [-0.1, -0.05) is 13.8 Å². The van der Waals surface area contributed by atoms with Crippen LogP contribution in [-0.2, 0) is 0 Å². The molecular weight excluding hydrogens is 142 g/mol. The van der Waals surface area contributed by atoms with Crippen molar-refractivity contribution in [3.05, 3.63) is 34.2 Å². The largest absolute Gasteiger partial charge is 0.425 e. The Morgan fingerprint density at radius 3 is 2.36 bits per heavy atom. The van der Waals surface area contributed by atoms with Crippen LogP contribution in [0.2, 0.25) is 0 Å². The molecule has 0 amide bonds. The van der Waals surface area contributed by atoms with Crippen LogP contribution >= 0.6 is 0 Å². The first-order valence-electron chi connectivity index (χ1n) is 3.59. The van der Waals surface area contributed by atoms with Crippen molar-refractivity contribution in [2.24, 2.45) is 0 Å². The van der Waals surface area contributed by atoms with Gasteiger partial charge in [0.1, 0.15) is 0 Å². The van der Waals surface area contributed by atoms with Crippen LogP contribution in [0.25, 0.3) is 0 Å². The van der Waals surface area contributed by atoms with Crippen LogP contribution in [0.3, 0.4) is 0 Å². The number of hydrogen-bond donors (Lipinski definition) is 1. The van der Waals surface area contributed by atoms with Gasteiger partial charge in [0.2, 0.25) is 0 Å². The van der Waals surface area contributed by atoms with E-state index in [1.54, 1.807) is 13.0 Å². The molecule has 1 heterocycles. The van der Waals surface area contributed by atoms with E-state index in [2.05, 4.69) is 0 Å². The van der Waals surface area contributed by atoms with Crippen molar-refractivity contribution in [2.75, 3.05) is 0 Å². The van der Waals surface area contributed by atoms with Crippen molar-refractivity contribution in [3.63, 3.8) is 0 Å². The lowest BCUT2D eigenvalue weighted by Crippen LogP contribution is -2.15. The standard InChI is InChI=1S/C6H7NO2.C2H6/c1-5-2-3-7(9)6(8)4-5;1-2/h2-4,9H,1H3;1-2H3. The van der Waals surface area contributed by atoms with Crippen LogP contribution in [0.4, 0.5) is 0 Å². The second kappa shape index (κ2) is 4.55. The molecule has 11 heavy (non-hydrogen) atoms. The van der Waals surface area contributed by atoms with Crippen LogP contribution in [0.5, 0.6) is 0 Å². The Morgan fingerprint density at radius 2 is 2.00 bits per heavy atom. The molecule has 3 heteroatoms. The van der Waals surface area contributed by atoms with Gasteiger partial charge in [-0.25, -0.2) is 0 Å². The fourth-order valence-electron chi connectivity index (χ4n) is 0.571. The summed E-state index contributed by atoms with van der Waals surface area (Å²) >= 11 is 0. The van der Waals surface area contributed by atoms with E-state index < -0.39 is 5.56 Å². The van der Waals surface area contributed by atoms with Crippen molar-refractivity contribution >= 4 is 0 Å². The predicted octanol–water partition coefficient (Wildman–Crippen LogP) is 1.42. The van der Waals surface area contributed by atoms with Crippen LogP contribution in [0.1, 0.15) is 19.4 Å². The average molecular weight is 155 g/mol. The molecule has 0 bridgehead atoms. The molecule has 0 fully saturated rings. The van der Waals surface area contributed by atoms with Gasteiger partial charge in [0.15, 0.2) is 0 Å². The third-order valence-electron chi connectivity index (χ3n) is 1.06. The predicted molar refractivity (Wildman–Crippen MR) is 44.0 cm³/mol. The molecule has 1 N–H and O–H groups in total. The maximum absolute atomic E-state index is 10.6. The van der Waals surface area contributed by atoms with Gasteiger partial charge in [0.25, 0.3) is 5.56 Å². The van der Waals surface area contributed by atoms with E-state index in [1.807, 2.05) is 13.8 Å². The van der Waals surface area contributed by atoms with Gasteiger partial charge >= 0.3 is 0 Å². The van der Waals surface area contributed by atoms with E-state index in [4.69, 9.17) is 5.21 Å². The van der Waals surface area contributed by atoms with Gasteiger partial charge in [0.05, 0.1) is 0 Å². The number of nitrogens with zero attached hydrogens (tertiary/aromatic N) is 1. The van der Waals surface area contributed by atoms with Crippen LogP contribution < -0.4 is 5.56 Å². The molecule has 1 aromatic heterocycles. The molecule has 1 rings (SSSR count). The summed E-state index contributed by atoms with van der Waals surface area (Å²) < 4.78 is 0.549. The normalized spacial score (nSPS) is 8.27. The number of rotatable bonds is 0. The summed E-state index contributed by atoms with van der Waals surface area (Å²) in [6.07, 6.45) is 1.32. The number of hydrogen-bond acceptors (Lipinski definition) is 2. The highest BCUT2D eigenvalue weighted by molar-refractivity contribution is 5.06. The Morgan fingerprint density at radius 1 is 1.45 bits per heavy atom. The van der Waals surface area contributed by atoms with Gasteiger partial charge in [0, 0.05) is 12.3 Å². The third-order valence-corrected chi connectivity index (χ3v) is 1.06. The van der Waals surface area contributed by atoms with E-state index in [0.717, 1.165) is 5.56 Å². The van der Waals surface area contributed by atoms with Crippen LogP contribution in [-0.4, -0.2) is 9.94 Å². The lowest BCUT2D eigenvalue weighted by Gasteiger charge is -1.92. The highest BCUT2D eigenvalue weighted by Gasteiger charge is 1.88. The van der Waals surface area contributed by atoms with Crippen molar-refractivity contribution in [1.29, 1.82) is 0 Å². The zero-order valence-corrected chi connectivity index (χ0v) is 7.03. The highest BCUT2D eigenvalue weighted by atomic mass is 16.5. The fourth-order valence-corrected chi connectivity index (χ4v) is 0.571. The van der Waals surface area contributed by atoms with Crippen molar-refractivity contribution in [3.8, 4) is 0 Å². The average Bonchev–Trinajstić information content (AvgIpc) is 2.02. The first-order valence-corrected chi connectivity index (χ1v) is 3.59. The van der Waals surface area contributed by atoms with Crippen molar-refractivity contribution in [1.82, 2.24) is 4.73 Å². The minimum absolute atomic E-state index is 0.394. The number of aryl methyl sites for hydroxylation is 1. The molecule has 0 radical (unpaired) electrons. The smallest absolute Gasteiger partial charge is 0.283 e. The second-order valence-electron chi connectivity index (χ2n) is 1.89. The maximum Gasteiger partial charge on any atom is 0.283 e. The molecule has 3 nitrogen and oxygen atoms in total. The molecule has 0 saturated heterocycles. The lowest BCUT2D eigenvalue weighted by atomic mass is 10.3. The lowest BCUT2D eigenvalue weighted by molar-refractivity contribution is 0.174. The van der Waals surface area contributed by atoms with E-state index in [0.29, 0.717) is 4.73 Å². The topological polar surface area (TPSA) is 42.2 Å². The minimum atomic E-state index is -0.394. The van der Waals surface area contributed by atoms with E-state index >= 15 is 0 Å². The summed E-state index contributed by atoms with van der Waals surface area (Å²) in [5.74, 6) is 0. The highest BCUT2D eigenvalue weighted by Crippen LogP contribution is 1.87. The maximum atomic E-state index is 10.6. The fraction of sp³-hybridized carbons (Fsp3) is 0.375. The first kappa shape index (κ1) is 9.75. The van der Waals surface area contributed by atoms with Gasteiger partial charge in [-0.15, -0.1) is 0 Å². The second-order valence-corrected chi connectivity index (χ2v) is 1.89. The summed E-state index contributed by atoms with van der Waals surface area (Å²) in [6, 6.07) is 3.02. The van der Waals surface area contributed by atoms with Gasteiger partial charge in [-0.3, -0.25) is 4.79 Å². The molecule has 0 aliphatic carbocycles. The Bertz CT molecular complexity index is 265. The quantitative estimate of drug-likeness (QED) is 0.576. The molecule has 0 aromatic carbocycles. The summed E-state index contributed by atoms with van der Waals surface area (Å²) in [5, 5.41) is 8.65. The Balaban J connectivity index is 0.000000461. The Labute approximate surface area is 65.9 Å². The van der Waals surface area contributed by atoms with E-state index in [9.17, 15) is 4.79 Å². The molecular formula is C8H13NO2. The van der Waals surface area contributed by atoms with Crippen molar-refractivity contribution < 1.29 is 5.21 Å². The molecule has 62 valence electrons. The monoisotopic (exact) mass is 155 g/mol. The molecule has 0 aliphatic heterocycles. The first-order chi connectivity index (χ1) is 5.20. The molecule has 0 unspecified atom stereocenters. The summed E-state index contributed by atoms with van der Waals surface area (Å²) in [5.41, 5.74) is 0.459. The summed E-state index contributed by atoms with van der Waals surface area (Å²) in [6.45, 7) is 5.79. The Kier molecular flexibility index (Phi) is 4.03. The van der Waals surface area contributed by atoms with Gasteiger partial charge < -0.3 is 5.21 Å². The molecule has 0 saturated carbocycles. The SMILES string of the molecule is CC.Cc1ccn(O)c(=O)c1. The van der Waals surface area contributed by atoms with E-state index in [-0.39, 0.29) is 0 Å². The van der Waals surface area contributed by atoms with Crippen molar-refractivity contribution in [2.45, 2.75) is 20.8 Å². The number of pyridine rings is 1. The Hall–Kier alpha value is -1.25. The van der Waals surface area contributed by atoms with Crippen LogP contribution in [0.15, 0.2) is 23.1 Å². The molecule has 0 aliphatic rings. The number of aromatic nitrogens is 1. The molecule has 1 aromatic rings. The summed E-state index contributed by atoms with van der Waals surface area (Å²) in [7, 11) is 0. The van der Waals surface area contributed by atoms with Gasteiger partial charge in [-0.05, 0) is 18.6 Å². The third kappa shape index (κ3) is 2.89. The van der Waals surface area contributed by atoms with Crippen LogP contribution in [0, 0.1) is 6.92 Å². The zero-order chi connectivity index (χ0) is 8.85. The molecule has 0 atom stereocenters.